The zero-order valence-corrected chi connectivity index (χ0v) is 14.8. The maximum absolute atomic E-state index is 13.0. The van der Waals surface area contributed by atoms with Gasteiger partial charge in [0.05, 0.1) is 13.7 Å². The van der Waals surface area contributed by atoms with E-state index in [4.69, 9.17) is 9.47 Å². The topological polar surface area (TPSA) is 38.8 Å². The maximum atomic E-state index is 13.0. The molecule has 0 heterocycles. The number of nitrogens with zero attached hydrogens (tertiary/aromatic N) is 1. The van der Waals surface area contributed by atoms with Gasteiger partial charge in [0.2, 0.25) is 0 Å². The molecular formula is C20H25NO3. The Morgan fingerprint density at radius 3 is 2.33 bits per heavy atom. The van der Waals surface area contributed by atoms with Crippen LogP contribution in [0.5, 0.6) is 5.75 Å². The van der Waals surface area contributed by atoms with Crippen LogP contribution < -0.4 is 9.64 Å². The summed E-state index contributed by atoms with van der Waals surface area (Å²) in [6.45, 7) is 7.64. The Hall–Kier alpha value is -2.33. The number of aryl methyl sites for hydroxylation is 2. The minimum atomic E-state index is -0.0250. The van der Waals surface area contributed by atoms with E-state index in [1.54, 1.807) is 12.0 Å². The van der Waals surface area contributed by atoms with E-state index in [0.717, 1.165) is 17.0 Å². The number of carbonyl (C=O) groups excluding carboxylic acids is 1. The first-order chi connectivity index (χ1) is 11.6. The third-order valence-corrected chi connectivity index (χ3v) is 4.05. The highest BCUT2D eigenvalue weighted by Crippen LogP contribution is 2.22. The molecule has 2 aromatic rings. The third-order valence-electron chi connectivity index (χ3n) is 4.05. The molecule has 0 saturated carbocycles. The van der Waals surface area contributed by atoms with Gasteiger partial charge in [-0.05, 0) is 68.3 Å². The predicted molar refractivity (Wildman–Crippen MR) is 97.1 cm³/mol. The molecule has 0 aliphatic heterocycles. The van der Waals surface area contributed by atoms with Gasteiger partial charge in [-0.25, -0.2) is 0 Å². The van der Waals surface area contributed by atoms with Crippen molar-refractivity contribution >= 4 is 11.6 Å². The van der Waals surface area contributed by atoms with Gasteiger partial charge >= 0.3 is 0 Å². The molecule has 24 heavy (non-hydrogen) atoms. The van der Waals surface area contributed by atoms with E-state index in [0.29, 0.717) is 25.3 Å². The predicted octanol–water partition coefficient (Wildman–Crippen LogP) is 4.00. The summed E-state index contributed by atoms with van der Waals surface area (Å²) in [6.07, 6.45) is 0. The summed E-state index contributed by atoms with van der Waals surface area (Å²) in [5, 5.41) is 0. The van der Waals surface area contributed by atoms with Crippen molar-refractivity contribution in [2.45, 2.75) is 20.8 Å². The van der Waals surface area contributed by atoms with Gasteiger partial charge in [0, 0.05) is 24.4 Å². The van der Waals surface area contributed by atoms with Crippen molar-refractivity contribution < 1.29 is 14.3 Å². The molecule has 4 nitrogen and oxygen atoms in total. The zero-order valence-electron chi connectivity index (χ0n) is 14.8. The van der Waals surface area contributed by atoms with Gasteiger partial charge in [-0.1, -0.05) is 6.07 Å². The fraction of sp³-hybridized carbons (Fsp3) is 0.350. The average molecular weight is 327 g/mol. The molecule has 0 unspecified atom stereocenters. The second-order valence-corrected chi connectivity index (χ2v) is 5.65. The number of methoxy groups -OCH3 is 1. The van der Waals surface area contributed by atoms with Crippen molar-refractivity contribution in [1.82, 2.24) is 0 Å². The first-order valence-corrected chi connectivity index (χ1v) is 8.17. The van der Waals surface area contributed by atoms with Gasteiger partial charge in [-0.15, -0.1) is 0 Å². The molecule has 128 valence electrons. The largest absolute Gasteiger partial charge is 0.497 e. The maximum Gasteiger partial charge on any atom is 0.258 e. The SMILES string of the molecule is CCOCCN(C(=O)c1ccc(C)c(C)c1)c1ccc(OC)cc1. The highest BCUT2D eigenvalue weighted by Gasteiger charge is 2.18. The number of carbonyl (C=O) groups is 1. The summed E-state index contributed by atoms with van der Waals surface area (Å²) in [4.78, 5) is 14.7. The lowest BCUT2D eigenvalue weighted by atomic mass is 10.1. The summed E-state index contributed by atoms with van der Waals surface area (Å²) in [6, 6.07) is 13.3. The van der Waals surface area contributed by atoms with Crippen molar-refractivity contribution in [1.29, 1.82) is 0 Å². The van der Waals surface area contributed by atoms with Crippen molar-refractivity contribution in [3.05, 3.63) is 59.2 Å². The minimum absolute atomic E-state index is 0.0250. The Balaban J connectivity index is 2.29. The molecule has 0 radical (unpaired) electrons. The summed E-state index contributed by atoms with van der Waals surface area (Å²) < 4.78 is 10.6. The van der Waals surface area contributed by atoms with Crippen LogP contribution >= 0.6 is 0 Å². The molecule has 1 amide bonds. The molecule has 0 spiro atoms. The van der Waals surface area contributed by atoms with Crippen LogP contribution in [0.15, 0.2) is 42.5 Å². The molecule has 2 aromatic carbocycles. The molecule has 2 rings (SSSR count). The van der Waals surface area contributed by atoms with Crippen LogP contribution in [0.25, 0.3) is 0 Å². The van der Waals surface area contributed by atoms with Crippen LogP contribution in [0.1, 0.15) is 28.4 Å². The highest BCUT2D eigenvalue weighted by atomic mass is 16.5. The molecular weight excluding hydrogens is 302 g/mol. The lowest BCUT2D eigenvalue weighted by molar-refractivity contribution is 0.0965. The van der Waals surface area contributed by atoms with E-state index in [9.17, 15) is 4.79 Å². The van der Waals surface area contributed by atoms with Gasteiger partial charge < -0.3 is 14.4 Å². The van der Waals surface area contributed by atoms with Gasteiger partial charge in [0.25, 0.3) is 5.91 Å². The first-order valence-electron chi connectivity index (χ1n) is 8.17. The fourth-order valence-corrected chi connectivity index (χ4v) is 2.44. The summed E-state index contributed by atoms with van der Waals surface area (Å²) in [5.41, 5.74) is 3.81. The van der Waals surface area contributed by atoms with E-state index < -0.39 is 0 Å². The summed E-state index contributed by atoms with van der Waals surface area (Å²) in [5.74, 6) is 0.741. The molecule has 4 heteroatoms. The van der Waals surface area contributed by atoms with Crippen LogP contribution in [0.3, 0.4) is 0 Å². The Morgan fingerprint density at radius 2 is 1.75 bits per heavy atom. The van der Waals surface area contributed by atoms with E-state index in [-0.39, 0.29) is 5.91 Å². The van der Waals surface area contributed by atoms with Crippen LogP contribution in [0.2, 0.25) is 0 Å². The lowest BCUT2D eigenvalue weighted by Gasteiger charge is -2.23. The first kappa shape index (κ1) is 18.0. The molecule has 0 N–H and O–H groups in total. The van der Waals surface area contributed by atoms with Crippen LogP contribution in [0.4, 0.5) is 5.69 Å². The molecule has 0 fully saturated rings. The monoisotopic (exact) mass is 327 g/mol. The number of rotatable bonds is 7. The minimum Gasteiger partial charge on any atom is -0.497 e. The number of amides is 1. The second kappa shape index (κ2) is 8.50. The molecule has 0 bridgehead atoms. The van der Waals surface area contributed by atoms with Gasteiger partial charge in [0.1, 0.15) is 5.75 Å². The van der Waals surface area contributed by atoms with E-state index >= 15 is 0 Å². The third kappa shape index (κ3) is 4.36. The van der Waals surface area contributed by atoms with E-state index in [1.165, 1.54) is 5.56 Å². The van der Waals surface area contributed by atoms with Crippen molar-refractivity contribution in [2.75, 3.05) is 31.8 Å². The number of benzene rings is 2. The second-order valence-electron chi connectivity index (χ2n) is 5.65. The molecule has 0 saturated heterocycles. The molecule has 0 aliphatic carbocycles. The lowest BCUT2D eigenvalue weighted by Crippen LogP contribution is -2.34. The van der Waals surface area contributed by atoms with Gasteiger partial charge in [0.15, 0.2) is 0 Å². The highest BCUT2D eigenvalue weighted by molar-refractivity contribution is 6.06. The number of hydrogen-bond acceptors (Lipinski definition) is 3. The Labute approximate surface area is 144 Å². The number of ether oxygens (including phenoxy) is 2. The fourth-order valence-electron chi connectivity index (χ4n) is 2.44. The quantitative estimate of drug-likeness (QED) is 0.722. The van der Waals surface area contributed by atoms with Crippen molar-refractivity contribution in [3.8, 4) is 5.75 Å². The Kier molecular flexibility index (Phi) is 6.38. The normalized spacial score (nSPS) is 10.5. The van der Waals surface area contributed by atoms with Crippen LogP contribution in [-0.2, 0) is 4.74 Å². The van der Waals surface area contributed by atoms with Crippen LogP contribution in [0, 0.1) is 13.8 Å². The van der Waals surface area contributed by atoms with E-state index in [2.05, 4.69) is 0 Å². The van der Waals surface area contributed by atoms with E-state index in [1.807, 2.05) is 63.2 Å². The van der Waals surface area contributed by atoms with Gasteiger partial charge in [-0.3, -0.25) is 4.79 Å². The van der Waals surface area contributed by atoms with Crippen molar-refractivity contribution in [2.24, 2.45) is 0 Å². The summed E-state index contributed by atoms with van der Waals surface area (Å²) in [7, 11) is 1.63. The number of hydrogen-bond donors (Lipinski definition) is 0. The Bertz CT molecular complexity index is 680. The summed E-state index contributed by atoms with van der Waals surface area (Å²) >= 11 is 0. The molecule has 0 aliphatic rings. The molecule has 0 atom stereocenters. The standard InChI is InChI=1S/C20H25NO3/c1-5-24-13-12-21(18-8-10-19(23-4)11-9-18)20(22)17-7-6-15(2)16(3)14-17/h6-11,14H,5,12-13H2,1-4H3. The number of anilines is 1. The smallest absolute Gasteiger partial charge is 0.258 e. The average Bonchev–Trinajstić information content (AvgIpc) is 2.61. The molecule has 0 aromatic heterocycles. The zero-order chi connectivity index (χ0) is 17.5. The van der Waals surface area contributed by atoms with Crippen LogP contribution in [-0.4, -0.2) is 32.8 Å². The van der Waals surface area contributed by atoms with Crippen molar-refractivity contribution in [3.63, 3.8) is 0 Å². The van der Waals surface area contributed by atoms with Gasteiger partial charge in [-0.2, -0.15) is 0 Å². The Morgan fingerprint density at radius 1 is 1.04 bits per heavy atom.